The summed E-state index contributed by atoms with van der Waals surface area (Å²) in [6.07, 6.45) is 1.67. The zero-order chi connectivity index (χ0) is 12.5. The number of rotatable bonds is 6. The van der Waals surface area contributed by atoms with E-state index < -0.39 is 12.2 Å². The summed E-state index contributed by atoms with van der Waals surface area (Å²) in [6.45, 7) is 2.02. The van der Waals surface area contributed by atoms with Gasteiger partial charge in [-0.25, -0.2) is 0 Å². The molecule has 0 aliphatic carbocycles. The molecule has 0 amide bonds. The molecule has 0 saturated heterocycles. The molecule has 0 spiro atoms. The monoisotopic (exact) mass is 233 g/mol. The molecule has 0 heterocycles. The fraction of sp³-hybridized carbons (Fsp3) is 0.333. The molecule has 0 aromatic heterocycles. The van der Waals surface area contributed by atoms with Gasteiger partial charge in [0.05, 0.1) is 12.7 Å². The number of nitrogens with zero attached hydrogens (tertiary/aromatic N) is 3. The van der Waals surface area contributed by atoms with E-state index in [0.717, 1.165) is 5.56 Å². The zero-order valence-corrected chi connectivity index (χ0v) is 9.60. The predicted octanol–water partition coefficient (Wildman–Crippen LogP) is 2.78. The standard InChI is InChI=1S/C12H15N3O2/c1-10(16)12(7-8-14-15-13)17-9-11-5-3-2-4-6-11/h2-8,10,12,16H,9H2,1H3. The molecule has 0 aliphatic heterocycles. The topological polar surface area (TPSA) is 78.2 Å². The van der Waals surface area contributed by atoms with Crippen molar-refractivity contribution in [2.24, 2.45) is 5.11 Å². The Balaban J connectivity index is 2.53. The van der Waals surface area contributed by atoms with Gasteiger partial charge in [-0.05, 0) is 24.2 Å². The first-order chi connectivity index (χ1) is 8.24. The second kappa shape index (κ2) is 7.46. The highest BCUT2D eigenvalue weighted by molar-refractivity contribution is 5.13. The summed E-state index contributed by atoms with van der Waals surface area (Å²) in [7, 11) is 0. The van der Waals surface area contributed by atoms with Crippen LogP contribution in [0.1, 0.15) is 12.5 Å². The lowest BCUT2D eigenvalue weighted by Gasteiger charge is -2.16. The molecule has 0 aliphatic rings. The van der Waals surface area contributed by atoms with Gasteiger partial charge in [0.25, 0.3) is 0 Å². The highest BCUT2D eigenvalue weighted by Crippen LogP contribution is 2.07. The van der Waals surface area contributed by atoms with Gasteiger partial charge in [0.15, 0.2) is 0 Å². The SMILES string of the molecule is CC(O)C(C=CN=[N+]=[N-])OCc1ccccc1. The molecular weight excluding hydrogens is 218 g/mol. The molecule has 1 aromatic carbocycles. The van der Waals surface area contributed by atoms with Crippen LogP contribution >= 0.6 is 0 Å². The molecule has 0 bridgehead atoms. The number of aliphatic hydroxyl groups is 1. The van der Waals surface area contributed by atoms with Crippen LogP contribution in [0.3, 0.4) is 0 Å². The van der Waals surface area contributed by atoms with Crippen molar-refractivity contribution >= 4 is 0 Å². The number of benzene rings is 1. The average Bonchev–Trinajstić information content (AvgIpc) is 2.34. The third-order valence-corrected chi connectivity index (χ3v) is 2.15. The Hall–Kier alpha value is -1.81. The third kappa shape index (κ3) is 5.17. The van der Waals surface area contributed by atoms with Crippen LogP contribution in [0.5, 0.6) is 0 Å². The van der Waals surface area contributed by atoms with E-state index in [2.05, 4.69) is 10.0 Å². The van der Waals surface area contributed by atoms with Gasteiger partial charge < -0.3 is 9.84 Å². The van der Waals surface area contributed by atoms with Crippen LogP contribution in [0.4, 0.5) is 0 Å². The summed E-state index contributed by atoms with van der Waals surface area (Å²) < 4.78 is 5.52. The van der Waals surface area contributed by atoms with E-state index in [1.165, 1.54) is 12.3 Å². The fourth-order valence-corrected chi connectivity index (χ4v) is 1.28. The minimum atomic E-state index is -0.663. The summed E-state index contributed by atoms with van der Waals surface area (Å²) in [4.78, 5) is 2.59. The van der Waals surface area contributed by atoms with E-state index in [1.807, 2.05) is 30.3 Å². The third-order valence-electron chi connectivity index (χ3n) is 2.15. The smallest absolute Gasteiger partial charge is 0.102 e. The molecule has 5 heteroatoms. The van der Waals surface area contributed by atoms with Gasteiger partial charge in [0.1, 0.15) is 6.10 Å². The van der Waals surface area contributed by atoms with Crippen LogP contribution in [0.15, 0.2) is 47.7 Å². The van der Waals surface area contributed by atoms with Crippen LogP contribution in [0, 0.1) is 0 Å². The van der Waals surface area contributed by atoms with Crippen molar-refractivity contribution in [3.05, 3.63) is 58.6 Å². The lowest BCUT2D eigenvalue weighted by atomic mass is 10.2. The molecule has 0 fully saturated rings. The molecule has 0 radical (unpaired) electrons. The Morgan fingerprint density at radius 2 is 2.18 bits per heavy atom. The Labute approximate surface area is 100.0 Å². The van der Waals surface area contributed by atoms with Crippen molar-refractivity contribution in [1.82, 2.24) is 0 Å². The van der Waals surface area contributed by atoms with E-state index in [9.17, 15) is 5.11 Å². The maximum Gasteiger partial charge on any atom is 0.102 e. The van der Waals surface area contributed by atoms with Crippen molar-refractivity contribution in [2.45, 2.75) is 25.7 Å². The van der Waals surface area contributed by atoms with Gasteiger partial charge >= 0.3 is 0 Å². The van der Waals surface area contributed by atoms with Gasteiger partial charge in [-0.15, -0.1) is 0 Å². The summed E-state index contributed by atoms with van der Waals surface area (Å²) in [5.41, 5.74) is 9.15. The van der Waals surface area contributed by atoms with Gasteiger partial charge in [-0.1, -0.05) is 41.5 Å². The normalized spacial score (nSPS) is 14.2. The highest BCUT2D eigenvalue weighted by atomic mass is 16.5. The zero-order valence-electron chi connectivity index (χ0n) is 9.60. The largest absolute Gasteiger partial charge is 0.390 e. The molecule has 1 aromatic rings. The van der Waals surface area contributed by atoms with Crippen LogP contribution in [-0.4, -0.2) is 17.3 Å². The molecule has 5 nitrogen and oxygen atoms in total. The maximum absolute atomic E-state index is 9.48. The van der Waals surface area contributed by atoms with Gasteiger partial charge in [-0.2, -0.15) is 0 Å². The average molecular weight is 233 g/mol. The van der Waals surface area contributed by atoms with Crippen LogP contribution in [-0.2, 0) is 11.3 Å². The van der Waals surface area contributed by atoms with Crippen molar-refractivity contribution in [2.75, 3.05) is 0 Å². The summed E-state index contributed by atoms with van der Waals surface area (Å²) >= 11 is 0. The van der Waals surface area contributed by atoms with E-state index in [0.29, 0.717) is 6.61 Å². The van der Waals surface area contributed by atoms with E-state index in [4.69, 9.17) is 10.3 Å². The molecule has 90 valence electrons. The van der Waals surface area contributed by atoms with E-state index in [-0.39, 0.29) is 0 Å². The Morgan fingerprint density at radius 1 is 1.47 bits per heavy atom. The highest BCUT2D eigenvalue weighted by Gasteiger charge is 2.11. The lowest BCUT2D eigenvalue weighted by molar-refractivity contribution is -0.0101. The first kappa shape index (κ1) is 13.3. The minimum absolute atomic E-state index is 0.400. The second-order valence-corrected chi connectivity index (χ2v) is 3.55. The number of azide groups is 1. The van der Waals surface area contributed by atoms with Crippen LogP contribution in [0.25, 0.3) is 10.4 Å². The van der Waals surface area contributed by atoms with Crippen LogP contribution < -0.4 is 0 Å². The Morgan fingerprint density at radius 3 is 2.76 bits per heavy atom. The number of ether oxygens (including phenoxy) is 1. The Bertz CT molecular complexity index is 397. The van der Waals surface area contributed by atoms with Crippen molar-refractivity contribution < 1.29 is 9.84 Å². The first-order valence-electron chi connectivity index (χ1n) is 5.28. The number of hydrogen-bond acceptors (Lipinski definition) is 3. The van der Waals surface area contributed by atoms with E-state index >= 15 is 0 Å². The summed E-state index contributed by atoms with van der Waals surface area (Å²) in [5.74, 6) is 0. The van der Waals surface area contributed by atoms with Gasteiger partial charge in [-0.3, -0.25) is 0 Å². The molecule has 17 heavy (non-hydrogen) atoms. The second-order valence-electron chi connectivity index (χ2n) is 3.55. The number of aliphatic hydroxyl groups excluding tert-OH is 1. The molecule has 1 N–H and O–H groups in total. The molecule has 2 atom stereocenters. The van der Waals surface area contributed by atoms with Crippen LogP contribution in [0.2, 0.25) is 0 Å². The Kier molecular flexibility index (Phi) is 5.82. The first-order valence-corrected chi connectivity index (χ1v) is 5.28. The fourth-order valence-electron chi connectivity index (χ4n) is 1.28. The maximum atomic E-state index is 9.48. The van der Waals surface area contributed by atoms with Crippen molar-refractivity contribution in [3.8, 4) is 0 Å². The van der Waals surface area contributed by atoms with Crippen molar-refractivity contribution in [1.29, 1.82) is 0 Å². The molecule has 1 rings (SSSR count). The predicted molar refractivity (Wildman–Crippen MR) is 65.0 cm³/mol. The van der Waals surface area contributed by atoms with Crippen molar-refractivity contribution in [3.63, 3.8) is 0 Å². The molecular formula is C12H15N3O2. The lowest BCUT2D eigenvalue weighted by Crippen LogP contribution is -2.23. The quantitative estimate of drug-likeness (QED) is 0.466. The van der Waals surface area contributed by atoms with Gasteiger partial charge in [0, 0.05) is 4.91 Å². The number of hydrogen-bond donors (Lipinski definition) is 1. The summed E-state index contributed by atoms with van der Waals surface area (Å²) in [5, 5.41) is 12.7. The molecule has 0 saturated carbocycles. The summed E-state index contributed by atoms with van der Waals surface area (Å²) in [6, 6.07) is 9.65. The molecule has 2 unspecified atom stereocenters. The van der Waals surface area contributed by atoms with Gasteiger partial charge in [0.2, 0.25) is 0 Å². The minimum Gasteiger partial charge on any atom is -0.390 e. The van der Waals surface area contributed by atoms with E-state index in [1.54, 1.807) is 6.92 Å².